The van der Waals surface area contributed by atoms with Gasteiger partial charge in [0.05, 0.1) is 11.4 Å². The van der Waals surface area contributed by atoms with Gasteiger partial charge in [0.2, 0.25) is 0 Å². The van der Waals surface area contributed by atoms with Gasteiger partial charge in [-0.15, -0.1) is 11.3 Å². The maximum absolute atomic E-state index is 12.3. The van der Waals surface area contributed by atoms with Crippen LogP contribution in [-0.4, -0.2) is 39.9 Å². The zero-order valence-corrected chi connectivity index (χ0v) is 15.9. The molecule has 3 heterocycles. The minimum Gasteiger partial charge on any atom is -0.349 e. The fraction of sp³-hybridized carbons (Fsp3) is 0.286. The van der Waals surface area contributed by atoms with Crippen LogP contribution in [0.25, 0.3) is 10.7 Å². The maximum Gasteiger partial charge on any atom is 0.251 e. The normalized spacial score (nSPS) is 15.6. The summed E-state index contributed by atoms with van der Waals surface area (Å²) >= 11 is 1.64. The molecule has 0 aliphatic carbocycles. The van der Waals surface area contributed by atoms with Crippen LogP contribution in [0.15, 0.2) is 60.1 Å². The molecule has 0 unspecified atom stereocenters. The van der Waals surface area contributed by atoms with Crippen molar-refractivity contribution >= 4 is 17.2 Å². The van der Waals surface area contributed by atoms with Gasteiger partial charge in [0, 0.05) is 42.8 Å². The number of hydrogen-bond donors (Lipinski definition) is 1. The van der Waals surface area contributed by atoms with Crippen LogP contribution in [0.3, 0.4) is 0 Å². The number of benzene rings is 1. The number of carbonyl (C=O) groups is 1. The zero-order chi connectivity index (χ0) is 18.5. The van der Waals surface area contributed by atoms with Gasteiger partial charge in [-0.1, -0.05) is 24.3 Å². The van der Waals surface area contributed by atoms with Crippen molar-refractivity contribution in [2.75, 3.05) is 13.1 Å². The van der Waals surface area contributed by atoms with E-state index in [0.29, 0.717) is 0 Å². The Morgan fingerprint density at radius 1 is 1.11 bits per heavy atom. The van der Waals surface area contributed by atoms with Crippen molar-refractivity contribution in [1.29, 1.82) is 0 Å². The number of hydrogen-bond acceptors (Lipinski definition) is 5. The van der Waals surface area contributed by atoms with Gasteiger partial charge in [0.25, 0.3) is 5.91 Å². The molecule has 138 valence electrons. The first-order valence-electron chi connectivity index (χ1n) is 9.22. The Morgan fingerprint density at radius 2 is 1.89 bits per heavy atom. The Bertz CT molecular complexity index is 873. The Hall–Kier alpha value is -2.57. The topological polar surface area (TPSA) is 58.1 Å². The average molecular weight is 379 g/mol. The second-order valence-electron chi connectivity index (χ2n) is 6.75. The summed E-state index contributed by atoms with van der Waals surface area (Å²) in [5.41, 5.74) is 2.74. The fourth-order valence-electron chi connectivity index (χ4n) is 3.31. The third-order valence-electron chi connectivity index (χ3n) is 4.78. The van der Waals surface area contributed by atoms with Crippen molar-refractivity contribution in [1.82, 2.24) is 20.2 Å². The summed E-state index contributed by atoms with van der Waals surface area (Å²) in [5, 5.41) is 6.24. The predicted molar refractivity (Wildman–Crippen MR) is 108 cm³/mol. The summed E-state index contributed by atoms with van der Waals surface area (Å²) in [6.45, 7) is 2.79. The van der Waals surface area contributed by atoms with E-state index < -0.39 is 0 Å². The molecule has 0 bridgehead atoms. The van der Waals surface area contributed by atoms with Crippen LogP contribution in [0.1, 0.15) is 28.9 Å². The monoisotopic (exact) mass is 378 g/mol. The van der Waals surface area contributed by atoms with Gasteiger partial charge in [-0.2, -0.15) is 0 Å². The van der Waals surface area contributed by atoms with Gasteiger partial charge in [-0.05, 0) is 37.1 Å². The van der Waals surface area contributed by atoms with Crippen LogP contribution in [0.4, 0.5) is 0 Å². The minimum absolute atomic E-state index is 0.0218. The number of aromatic nitrogens is 2. The molecule has 1 saturated heterocycles. The first-order chi connectivity index (χ1) is 13.3. The van der Waals surface area contributed by atoms with Crippen LogP contribution in [0.5, 0.6) is 0 Å². The van der Waals surface area contributed by atoms with E-state index in [2.05, 4.69) is 20.6 Å². The van der Waals surface area contributed by atoms with E-state index in [9.17, 15) is 4.79 Å². The van der Waals surface area contributed by atoms with E-state index in [1.165, 1.54) is 0 Å². The molecule has 1 amide bonds. The van der Waals surface area contributed by atoms with Crippen molar-refractivity contribution in [3.05, 3.63) is 71.4 Å². The van der Waals surface area contributed by atoms with E-state index in [-0.39, 0.29) is 11.9 Å². The zero-order valence-electron chi connectivity index (χ0n) is 15.0. The lowest BCUT2D eigenvalue weighted by Crippen LogP contribution is -2.44. The lowest BCUT2D eigenvalue weighted by Gasteiger charge is -2.31. The molecule has 0 radical (unpaired) electrons. The minimum atomic E-state index is 0.0218. The van der Waals surface area contributed by atoms with Gasteiger partial charge >= 0.3 is 0 Å². The highest BCUT2D eigenvalue weighted by atomic mass is 32.1. The SMILES string of the molecule is O=C(NC1CCN(Cc2csc(-c3ccccn3)n2)CC1)c1ccccc1. The van der Waals surface area contributed by atoms with E-state index in [0.717, 1.165) is 54.4 Å². The maximum atomic E-state index is 12.3. The van der Waals surface area contributed by atoms with Crippen LogP contribution in [-0.2, 0) is 6.54 Å². The molecule has 27 heavy (non-hydrogen) atoms. The third-order valence-corrected chi connectivity index (χ3v) is 5.69. The van der Waals surface area contributed by atoms with Gasteiger partial charge in [-0.3, -0.25) is 14.7 Å². The van der Waals surface area contributed by atoms with Crippen LogP contribution < -0.4 is 5.32 Å². The third kappa shape index (κ3) is 4.59. The van der Waals surface area contributed by atoms with Crippen molar-refractivity contribution in [3.63, 3.8) is 0 Å². The van der Waals surface area contributed by atoms with Crippen molar-refractivity contribution < 1.29 is 4.79 Å². The van der Waals surface area contributed by atoms with Crippen LogP contribution in [0, 0.1) is 0 Å². The van der Waals surface area contributed by atoms with Gasteiger partial charge < -0.3 is 5.32 Å². The lowest BCUT2D eigenvalue weighted by atomic mass is 10.0. The molecule has 0 saturated carbocycles. The standard InChI is InChI=1S/C21H22N4OS/c26-20(16-6-2-1-3-7-16)23-17-9-12-25(13-10-17)14-18-15-27-21(24-18)19-8-4-5-11-22-19/h1-8,11,15,17H,9-10,12-14H2,(H,23,26). The Labute approximate surface area is 163 Å². The summed E-state index contributed by atoms with van der Waals surface area (Å²) in [4.78, 5) is 23.8. The van der Waals surface area contributed by atoms with Crippen molar-refractivity contribution in [3.8, 4) is 10.7 Å². The summed E-state index contributed by atoms with van der Waals surface area (Å²) in [6.07, 6.45) is 3.73. The van der Waals surface area contributed by atoms with Gasteiger partial charge in [-0.25, -0.2) is 4.98 Å². The molecular formula is C21H22N4OS. The number of rotatable bonds is 5. The molecule has 6 heteroatoms. The van der Waals surface area contributed by atoms with Crippen molar-refractivity contribution in [2.45, 2.75) is 25.4 Å². The average Bonchev–Trinajstić information content (AvgIpc) is 3.19. The van der Waals surface area contributed by atoms with Crippen molar-refractivity contribution in [2.24, 2.45) is 0 Å². The highest BCUT2D eigenvalue weighted by Gasteiger charge is 2.21. The summed E-state index contributed by atoms with van der Waals surface area (Å²) in [5.74, 6) is 0.0218. The van der Waals surface area contributed by atoms with Gasteiger partial charge in [0.15, 0.2) is 0 Å². The molecule has 0 spiro atoms. The quantitative estimate of drug-likeness (QED) is 0.737. The number of thiazole rings is 1. The molecular weight excluding hydrogens is 356 g/mol. The molecule has 1 aromatic carbocycles. The van der Waals surface area contributed by atoms with Gasteiger partial charge in [0.1, 0.15) is 5.01 Å². The van der Waals surface area contributed by atoms with E-state index >= 15 is 0 Å². The molecule has 3 aromatic rings. The molecule has 2 aromatic heterocycles. The summed E-state index contributed by atoms with van der Waals surface area (Å²) in [6, 6.07) is 15.5. The highest BCUT2D eigenvalue weighted by molar-refractivity contribution is 7.13. The second kappa shape index (κ2) is 8.41. The van der Waals surface area contributed by atoms with E-state index in [1.54, 1.807) is 17.5 Å². The first kappa shape index (κ1) is 17.8. The van der Waals surface area contributed by atoms with Crippen LogP contribution in [0.2, 0.25) is 0 Å². The molecule has 5 nitrogen and oxygen atoms in total. The molecule has 1 N–H and O–H groups in total. The number of nitrogens with one attached hydrogen (secondary N) is 1. The number of piperidine rings is 1. The smallest absolute Gasteiger partial charge is 0.251 e. The Kier molecular flexibility index (Phi) is 5.55. The van der Waals surface area contributed by atoms with Crippen LogP contribution >= 0.6 is 11.3 Å². The number of amides is 1. The summed E-state index contributed by atoms with van der Waals surface area (Å²) in [7, 11) is 0. The highest BCUT2D eigenvalue weighted by Crippen LogP contribution is 2.23. The first-order valence-corrected chi connectivity index (χ1v) is 10.1. The Balaban J connectivity index is 1.27. The molecule has 0 atom stereocenters. The Morgan fingerprint density at radius 3 is 2.63 bits per heavy atom. The fourth-order valence-corrected chi connectivity index (χ4v) is 4.10. The van der Waals surface area contributed by atoms with E-state index in [4.69, 9.17) is 4.98 Å². The summed E-state index contributed by atoms with van der Waals surface area (Å²) < 4.78 is 0. The largest absolute Gasteiger partial charge is 0.349 e. The molecule has 1 aliphatic rings. The molecule has 1 fully saturated rings. The molecule has 4 rings (SSSR count). The number of carbonyl (C=O) groups excluding carboxylic acids is 1. The number of likely N-dealkylation sites (tertiary alicyclic amines) is 1. The second-order valence-corrected chi connectivity index (χ2v) is 7.61. The predicted octanol–water partition coefficient (Wildman–Crippen LogP) is 3.60. The van der Waals surface area contributed by atoms with E-state index in [1.807, 2.05) is 48.5 Å². The number of nitrogens with zero attached hydrogens (tertiary/aromatic N) is 3. The molecule has 1 aliphatic heterocycles. The number of pyridine rings is 1. The lowest BCUT2D eigenvalue weighted by molar-refractivity contribution is 0.0908.